The highest BCUT2D eigenvalue weighted by Gasteiger charge is 2.26. The third kappa shape index (κ3) is 3.82. The van der Waals surface area contributed by atoms with Crippen LogP contribution in [0.3, 0.4) is 0 Å². The minimum Gasteiger partial charge on any atom is -0.366 e. The molecule has 3 rings (SSSR count). The van der Waals surface area contributed by atoms with Crippen LogP contribution < -0.4 is 10.6 Å². The first-order chi connectivity index (χ1) is 11.3. The van der Waals surface area contributed by atoms with Gasteiger partial charge in [-0.05, 0) is 30.6 Å². The summed E-state index contributed by atoms with van der Waals surface area (Å²) in [6, 6.07) is 5.57. The van der Waals surface area contributed by atoms with Crippen LogP contribution in [0.4, 0.5) is 0 Å². The minimum absolute atomic E-state index is 0.101. The zero-order valence-electron chi connectivity index (χ0n) is 13.1. The van der Waals surface area contributed by atoms with Gasteiger partial charge in [-0.2, -0.15) is 11.8 Å². The molecule has 2 aromatic rings. The number of thioether (sulfide) groups is 1. The first-order valence-electron chi connectivity index (χ1n) is 7.71. The number of ether oxygens (including phenoxy) is 1. The number of fused-ring (bicyclic) bond motifs is 1. The Morgan fingerprint density at radius 3 is 3.26 bits per heavy atom. The summed E-state index contributed by atoms with van der Waals surface area (Å²) < 4.78 is 7.45. The number of carbonyl (C=O) groups excluding carboxylic acids is 1. The molecule has 0 spiro atoms. The maximum atomic E-state index is 12.5. The molecule has 3 heterocycles. The van der Waals surface area contributed by atoms with E-state index in [1.165, 1.54) is 0 Å². The molecule has 1 saturated heterocycles. The lowest BCUT2D eigenvalue weighted by molar-refractivity contribution is -0.135. The van der Waals surface area contributed by atoms with Crippen molar-refractivity contribution in [2.45, 2.75) is 18.6 Å². The molecule has 2 aromatic heterocycles. The molecule has 0 radical (unpaired) electrons. The lowest BCUT2D eigenvalue weighted by Gasteiger charge is -2.25. The maximum absolute atomic E-state index is 12.5. The van der Waals surface area contributed by atoms with Crippen LogP contribution >= 0.6 is 11.8 Å². The fourth-order valence-electron chi connectivity index (χ4n) is 2.60. The van der Waals surface area contributed by atoms with Gasteiger partial charge in [0.15, 0.2) is 11.5 Å². The molecule has 124 valence electrons. The molecule has 1 aliphatic heterocycles. The SMILES string of the molecule is CSCCC(NC(=O)C1CNCCO1)c1nnc2ccccn12. The van der Waals surface area contributed by atoms with E-state index >= 15 is 0 Å². The molecule has 2 atom stereocenters. The molecular weight excluding hydrogens is 314 g/mol. The van der Waals surface area contributed by atoms with E-state index in [0.717, 1.165) is 30.2 Å². The van der Waals surface area contributed by atoms with Crippen LogP contribution in [0.1, 0.15) is 18.3 Å². The topological polar surface area (TPSA) is 80.5 Å². The fourth-order valence-corrected chi connectivity index (χ4v) is 3.07. The summed E-state index contributed by atoms with van der Waals surface area (Å²) in [5, 5.41) is 14.7. The molecule has 0 saturated carbocycles. The lowest BCUT2D eigenvalue weighted by atomic mass is 10.2. The second-order valence-corrected chi connectivity index (χ2v) is 6.38. The average Bonchev–Trinajstić information content (AvgIpc) is 3.03. The Kier molecular flexibility index (Phi) is 5.47. The quantitative estimate of drug-likeness (QED) is 0.806. The number of amides is 1. The van der Waals surface area contributed by atoms with Crippen molar-refractivity contribution in [2.24, 2.45) is 0 Å². The molecule has 0 aromatic carbocycles. The van der Waals surface area contributed by atoms with Crippen LogP contribution in [0.2, 0.25) is 0 Å². The highest BCUT2D eigenvalue weighted by atomic mass is 32.2. The Bertz CT molecular complexity index is 656. The average molecular weight is 335 g/mol. The number of carbonyl (C=O) groups is 1. The van der Waals surface area contributed by atoms with Gasteiger partial charge in [0.25, 0.3) is 5.91 Å². The number of hydrogen-bond acceptors (Lipinski definition) is 6. The molecular formula is C15H21N5O2S. The summed E-state index contributed by atoms with van der Waals surface area (Å²) in [5.41, 5.74) is 0.779. The van der Waals surface area contributed by atoms with Crippen molar-refractivity contribution in [3.05, 3.63) is 30.2 Å². The molecule has 2 N–H and O–H groups in total. The van der Waals surface area contributed by atoms with Gasteiger partial charge in [-0.25, -0.2) is 0 Å². The zero-order valence-corrected chi connectivity index (χ0v) is 13.9. The highest BCUT2D eigenvalue weighted by molar-refractivity contribution is 7.98. The van der Waals surface area contributed by atoms with Gasteiger partial charge in [0.05, 0.1) is 12.6 Å². The van der Waals surface area contributed by atoms with Crippen molar-refractivity contribution in [1.82, 2.24) is 25.2 Å². The van der Waals surface area contributed by atoms with Gasteiger partial charge >= 0.3 is 0 Å². The van der Waals surface area contributed by atoms with Gasteiger partial charge < -0.3 is 15.4 Å². The van der Waals surface area contributed by atoms with Crippen molar-refractivity contribution in [2.75, 3.05) is 31.7 Å². The minimum atomic E-state index is -0.445. The van der Waals surface area contributed by atoms with Crippen LogP contribution in [0.15, 0.2) is 24.4 Å². The molecule has 1 aliphatic rings. The first-order valence-corrected chi connectivity index (χ1v) is 9.10. The zero-order chi connectivity index (χ0) is 16.1. The van der Waals surface area contributed by atoms with E-state index in [2.05, 4.69) is 27.1 Å². The Hall–Kier alpha value is -1.64. The van der Waals surface area contributed by atoms with E-state index in [9.17, 15) is 4.79 Å². The first kappa shape index (κ1) is 16.2. The Morgan fingerprint density at radius 2 is 2.48 bits per heavy atom. The standard InChI is InChI=1S/C15H21N5O2S/c1-23-9-5-11(17-15(21)12-10-16-6-8-22-12)14-19-18-13-4-2-3-7-20(13)14/h2-4,7,11-12,16H,5-6,8-10H2,1H3,(H,17,21). The van der Waals surface area contributed by atoms with Gasteiger partial charge in [-0.15, -0.1) is 10.2 Å². The van der Waals surface area contributed by atoms with Crippen LogP contribution in [0, 0.1) is 0 Å². The lowest BCUT2D eigenvalue weighted by Crippen LogP contribution is -2.48. The number of nitrogens with zero attached hydrogens (tertiary/aromatic N) is 3. The van der Waals surface area contributed by atoms with Crippen molar-refractivity contribution in [3.63, 3.8) is 0 Å². The number of aromatic nitrogens is 3. The summed E-state index contributed by atoms with van der Waals surface area (Å²) in [5.74, 6) is 1.58. The van der Waals surface area contributed by atoms with E-state index in [0.29, 0.717) is 13.2 Å². The van der Waals surface area contributed by atoms with E-state index in [1.807, 2.05) is 28.8 Å². The van der Waals surface area contributed by atoms with Gasteiger partial charge in [0, 0.05) is 19.3 Å². The van der Waals surface area contributed by atoms with Crippen molar-refractivity contribution >= 4 is 23.3 Å². The summed E-state index contributed by atoms with van der Waals surface area (Å²) in [6.07, 6.45) is 4.32. The smallest absolute Gasteiger partial charge is 0.251 e. The summed E-state index contributed by atoms with van der Waals surface area (Å²) in [7, 11) is 0. The van der Waals surface area contributed by atoms with Crippen molar-refractivity contribution in [3.8, 4) is 0 Å². The molecule has 0 aliphatic carbocycles. The van der Waals surface area contributed by atoms with E-state index in [-0.39, 0.29) is 11.9 Å². The maximum Gasteiger partial charge on any atom is 0.251 e. The van der Waals surface area contributed by atoms with E-state index < -0.39 is 6.10 Å². The normalized spacial score (nSPS) is 19.6. The van der Waals surface area contributed by atoms with Gasteiger partial charge in [0.2, 0.25) is 0 Å². The second-order valence-electron chi connectivity index (χ2n) is 5.39. The molecule has 0 bridgehead atoms. The molecule has 8 heteroatoms. The number of hydrogen-bond donors (Lipinski definition) is 2. The van der Waals surface area contributed by atoms with Crippen LogP contribution in [0.25, 0.3) is 5.65 Å². The third-order valence-corrected chi connectivity index (χ3v) is 4.44. The highest BCUT2D eigenvalue weighted by Crippen LogP contribution is 2.18. The van der Waals surface area contributed by atoms with E-state index in [4.69, 9.17) is 4.74 Å². The van der Waals surface area contributed by atoms with Gasteiger partial charge in [-0.1, -0.05) is 6.07 Å². The predicted octanol–water partition coefficient (Wildman–Crippen LogP) is 0.628. The Morgan fingerprint density at radius 1 is 1.57 bits per heavy atom. The van der Waals surface area contributed by atoms with Crippen LogP contribution in [-0.4, -0.2) is 58.3 Å². The summed E-state index contributed by atoms with van der Waals surface area (Å²) in [4.78, 5) is 12.5. The van der Waals surface area contributed by atoms with Gasteiger partial charge in [-0.3, -0.25) is 9.20 Å². The molecule has 1 fully saturated rings. The van der Waals surface area contributed by atoms with Crippen LogP contribution in [-0.2, 0) is 9.53 Å². The predicted molar refractivity (Wildman–Crippen MR) is 89.5 cm³/mol. The van der Waals surface area contributed by atoms with E-state index in [1.54, 1.807) is 11.8 Å². The molecule has 1 amide bonds. The second kappa shape index (κ2) is 7.76. The number of rotatable bonds is 6. The largest absolute Gasteiger partial charge is 0.366 e. The summed E-state index contributed by atoms with van der Waals surface area (Å²) in [6.45, 7) is 1.89. The fraction of sp³-hybridized carbons (Fsp3) is 0.533. The number of nitrogens with one attached hydrogen (secondary N) is 2. The Balaban J connectivity index is 1.78. The monoisotopic (exact) mass is 335 g/mol. The molecule has 7 nitrogen and oxygen atoms in total. The van der Waals surface area contributed by atoms with Gasteiger partial charge in [0.1, 0.15) is 6.10 Å². The van der Waals surface area contributed by atoms with Crippen molar-refractivity contribution < 1.29 is 9.53 Å². The summed E-state index contributed by atoms with van der Waals surface area (Å²) >= 11 is 1.74. The molecule has 23 heavy (non-hydrogen) atoms. The Labute approximate surface area is 139 Å². The van der Waals surface area contributed by atoms with Crippen LogP contribution in [0.5, 0.6) is 0 Å². The van der Waals surface area contributed by atoms with Crippen molar-refractivity contribution in [1.29, 1.82) is 0 Å². The molecule has 2 unspecified atom stereocenters. The third-order valence-electron chi connectivity index (χ3n) is 3.80. The number of morpholine rings is 1. The number of pyridine rings is 1.